The molecule has 0 aliphatic rings. The zero-order valence-corrected chi connectivity index (χ0v) is 11.1. The van der Waals surface area contributed by atoms with E-state index in [0.29, 0.717) is 5.56 Å². The van der Waals surface area contributed by atoms with Gasteiger partial charge in [0.1, 0.15) is 0 Å². The molecule has 0 N–H and O–H groups in total. The van der Waals surface area contributed by atoms with Crippen molar-refractivity contribution >= 4 is 5.78 Å². The van der Waals surface area contributed by atoms with Gasteiger partial charge in [-0.15, -0.1) is 0 Å². The SMILES string of the molecule is CCn1cc(C(=O)C(C)(C)c2ccccc2)cn1. The van der Waals surface area contributed by atoms with Gasteiger partial charge in [-0.1, -0.05) is 30.3 Å². The summed E-state index contributed by atoms with van der Waals surface area (Å²) in [5, 5.41) is 4.16. The Hall–Kier alpha value is -1.90. The van der Waals surface area contributed by atoms with E-state index in [-0.39, 0.29) is 5.78 Å². The normalized spacial score (nSPS) is 11.5. The van der Waals surface area contributed by atoms with Crippen LogP contribution in [0, 0.1) is 0 Å². The van der Waals surface area contributed by atoms with Crippen LogP contribution in [0.1, 0.15) is 36.7 Å². The number of rotatable bonds is 4. The zero-order chi connectivity index (χ0) is 13.2. The third-order valence-electron chi connectivity index (χ3n) is 3.28. The number of hydrogen-bond acceptors (Lipinski definition) is 2. The summed E-state index contributed by atoms with van der Waals surface area (Å²) in [4.78, 5) is 12.5. The molecule has 0 atom stereocenters. The molecule has 0 bridgehead atoms. The third kappa shape index (κ3) is 2.21. The van der Waals surface area contributed by atoms with Crippen LogP contribution in [-0.4, -0.2) is 15.6 Å². The van der Waals surface area contributed by atoms with E-state index in [2.05, 4.69) is 5.10 Å². The van der Waals surface area contributed by atoms with Gasteiger partial charge in [-0.3, -0.25) is 9.48 Å². The van der Waals surface area contributed by atoms with Crippen LogP contribution in [-0.2, 0) is 12.0 Å². The fourth-order valence-corrected chi connectivity index (χ4v) is 2.00. The summed E-state index contributed by atoms with van der Waals surface area (Å²) in [6.07, 6.45) is 3.46. The molecule has 0 unspecified atom stereocenters. The fraction of sp³-hybridized carbons (Fsp3) is 0.333. The highest BCUT2D eigenvalue weighted by atomic mass is 16.1. The fourth-order valence-electron chi connectivity index (χ4n) is 2.00. The molecule has 1 heterocycles. The van der Waals surface area contributed by atoms with Crippen LogP contribution in [0.25, 0.3) is 0 Å². The highest BCUT2D eigenvalue weighted by molar-refractivity contribution is 6.03. The molecule has 1 aromatic heterocycles. The summed E-state index contributed by atoms with van der Waals surface area (Å²) >= 11 is 0. The number of hydrogen-bond donors (Lipinski definition) is 0. The maximum Gasteiger partial charge on any atom is 0.175 e. The Morgan fingerprint density at radius 1 is 1.28 bits per heavy atom. The van der Waals surface area contributed by atoms with Gasteiger partial charge in [0.05, 0.1) is 17.2 Å². The summed E-state index contributed by atoms with van der Waals surface area (Å²) in [5.74, 6) is 0.105. The number of benzene rings is 1. The van der Waals surface area contributed by atoms with E-state index in [1.165, 1.54) is 0 Å². The Morgan fingerprint density at radius 3 is 2.50 bits per heavy atom. The lowest BCUT2D eigenvalue weighted by molar-refractivity contribution is 0.0908. The molecule has 18 heavy (non-hydrogen) atoms. The molecular formula is C15H18N2O. The summed E-state index contributed by atoms with van der Waals surface area (Å²) in [7, 11) is 0. The van der Waals surface area contributed by atoms with Crippen LogP contribution in [0.5, 0.6) is 0 Å². The number of nitrogens with zero attached hydrogens (tertiary/aromatic N) is 2. The second kappa shape index (κ2) is 4.77. The molecule has 0 amide bonds. The van der Waals surface area contributed by atoms with Gasteiger partial charge >= 0.3 is 0 Å². The Kier molecular flexibility index (Phi) is 3.32. The molecule has 0 spiro atoms. The Balaban J connectivity index is 2.33. The number of aryl methyl sites for hydroxylation is 1. The summed E-state index contributed by atoms with van der Waals surface area (Å²) in [6.45, 7) is 6.69. The summed E-state index contributed by atoms with van der Waals surface area (Å²) in [5.41, 5.74) is 1.17. The van der Waals surface area contributed by atoms with Crippen molar-refractivity contribution in [1.29, 1.82) is 0 Å². The van der Waals surface area contributed by atoms with Gasteiger partial charge in [0.25, 0.3) is 0 Å². The topological polar surface area (TPSA) is 34.9 Å². The van der Waals surface area contributed by atoms with Crippen LogP contribution in [0.4, 0.5) is 0 Å². The van der Waals surface area contributed by atoms with Crippen molar-refractivity contribution in [1.82, 2.24) is 9.78 Å². The van der Waals surface area contributed by atoms with Crippen LogP contribution < -0.4 is 0 Å². The summed E-state index contributed by atoms with van der Waals surface area (Å²) in [6, 6.07) is 9.85. The maximum absolute atomic E-state index is 12.5. The number of Topliss-reactive ketones (excluding diaryl/α,β-unsaturated/α-hetero) is 1. The van der Waals surface area contributed by atoms with Gasteiger partial charge in [-0.25, -0.2) is 0 Å². The standard InChI is InChI=1S/C15H18N2O/c1-4-17-11-12(10-16-17)14(18)15(2,3)13-8-6-5-7-9-13/h5-11H,4H2,1-3H3. The van der Waals surface area contributed by atoms with E-state index in [0.717, 1.165) is 12.1 Å². The first kappa shape index (κ1) is 12.6. The number of carbonyl (C=O) groups is 1. The second-order valence-corrected chi connectivity index (χ2v) is 4.90. The Labute approximate surface area is 107 Å². The third-order valence-corrected chi connectivity index (χ3v) is 3.28. The largest absolute Gasteiger partial charge is 0.293 e. The minimum Gasteiger partial charge on any atom is -0.293 e. The molecule has 3 nitrogen and oxygen atoms in total. The molecule has 94 valence electrons. The molecule has 3 heteroatoms. The quantitative estimate of drug-likeness (QED) is 0.772. The van der Waals surface area contributed by atoms with Gasteiger partial charge < -0.3 is 0 Å². The zero-order valence-electron chi connectivity index (χ0n) is 11.1. The van der Waals surface area contributed by atoms with Crippen molar-refractivity contribution < 1.29 is 4.79 Å². The Morgan fingerprint density at radius 2 is 1.94 bits per heavy atom. The smallest absolute Gasteiger partial charge is 0.175 e. The highest BCUT2D eigenvalue weighted by Crippen LogP contribution is 2.27. The van der Waals surface area contributed by atoms with Crippen molar-refractivity contribution in [3.05, 3.63) is 53.9 Å². The van der Waals surface area contributed by atoms with Crippen molar-refractivity contribution in [2.45, 2.75) is 32.7 Å². The van der Waals surface area contributed by atoms with Crippen molar-refractivity contribution in [3.8, 4) is 0 Å². The van der Waals surface area contributed by atoms with E-state index in [4.69, 9.17) is 0 Å². The molecule has 0 saturated heterocycles. The monoisotopic (exact) mass is 242 g/mol. The van der Waals surface area contributed by atoms with E-state index in [1.807, 2.05) is 57.3 Å². The van der Waals surface area contributed by atoms with Crippen LogP contribution in [0.3, 0.4) is 0 Å². The van der Waals surface area contributed by atoms with Gasteiger partial charge in [-0.05, 0) is 26.3 Å². The number of aromatic nitrogens is 2. The van der Waals surface area contributed by atoms with E-state index in [9.17, 15) is 4.79 Å². The molecule has 2 rings (SSSR count). The predicted molar refractivity (Wildman–Crippen MR) is 71.7 cm³/mol. The van der Waals surface area contributed by atoms with E-state index < -0.39 is 5.41 Å². The molecule has 0 aliphatic heterocycles. The molecule has 0 saturated carbocycles. The first-order chi connectivity index (χ1) is 8.55. The minimum atomic E-state index is -0.525. The maximum atomic E-state index is 12.5. The van der Waals surface area contributed by atoms with Crippen molar-refractivity contribution in [2.75, 3.05) is 0 Å². The van der Waals surface area contributed by atoms with Crippen LogP contribution in [0.15, 0.2) is 42.7 Å². The lowest BCUT2D eigenvalue weighted by atomic mass is 9.79. The van der Waals surface area contributed by atoms with Crippen LogP contribution in [0.2, 0.25) is 0 Å². The van der Waals surface area contributed by atoms with Gasteiger partial charge in [0, 0.05) is 12.7 Å². The molecule has 0 aliphatic carbocycles. The highest BCUT2D eigenvalue weighted by Gasteiger charge is 2.31. The average molecular weight is 242 g/mol. The predicted octanol–water partition coefficient (Wildman–Crippen LogP) is 3.06. The molecule has 1 aromatic carbocycles. The first-order valence-corrected chi connectivity index (χ1v) is 6.18. The molecular weight excluding hydrogens is 224 g/mol. The Bertz CT molecular complexity index is 541. The second-order valence-electron chi connectivity index (χ2n) is 4.90. The number of ketones is 1. The van der Waals surface area contributed by atoms with Crippen LogP contribution >= 0.6 is 0 Å². The van der Waals surface area contributed by atoms with Crippen molar-refractivity contribution in [3.63, 3.8) is 0 Å². The van der Waals surface area contributed by atoms with Gasteiger partial charge in [0.2, 0.25) is 0 Å². The molecule has 0 fully saturated rings. The lowest BCUT2D eigenvalue weighted by Gasteiger charge is -2.22. The molecule has 2 aromatic rings. The minimum absolute atomic E-state index is 0.105. The summed E-state index contributed by atoms with van der Waals surface area (Å²) < 4.78 is 1.77. The average Bonchev–Trinajstić information content (AvgIpc) is 2.87. The van der Waals surface area contributed by atoms with Gasteiger partial charge in [-0.2, -0.15) is 5.10 Å². The van der Waals surface area contributed by atoms with E-state index >= 15 is 0 Å². The van der Waals surface area contributed by atoms with E-state index in [1.54, 1.807) is 10.9 Å². The molecule has 0 radical (unpaired) electrons. The first-order valence-electron chi connectivity index (χ1n) is 6.18. The van der Waals surface area contributed by atoms with Gasteiger partial charge in [0.15, 0.2) is 5.78 Å². The number of carbonyl (C=O) groups excluding carboxylic acids is 1. The van der Waals surface area contributed by atoms with Crippen molar-refractivity contribution in [2.24, 2.45) is 0 Å². The lowest BCUT2D eigenvalue weighted by Crippen LogP contribution is -2.28.